The quantitative estimate of drug-likeness (QED) is 0.207. The van der Waals surface area contributed by atoms with Crippen LogP contribution in [0.2, 0.25) is 0 Å². The molecule has 0 aliphatic rings. The van der Waals surface area contributed by atoms with E-state index >= 15 is 0 Å². The molecule has 0 unspecified atom stereocenters. The first-order valence-corrected chi connectivity index (χ1v) is 5.08. The van der Waals surface area contributed by atoms with Gasteiger partial charge in [-0.05, 0) is 19.8 Å². The lowest BCUT2D eigenvalue weighted by atomic mass is 10.1. The molecule has 0 aromatic heterocycles. The summed E-state index contributed by atoms with van der Waals surface area (Å²) in [5.41, 5.74) is 8.06. The topological polar surface area (TPSA) is 62.7 Å². The molecule has 0 bridgehead atoms. The summed E-state index contributed by atoms with van der Waals surface area (Å²) in [6.07, 6.45) is 6.19. The van der Waals surface area contributed by atoms with E-state index in [1.54, 1.807) is 0 Å². The van der Waals surface area contributed by atoms with Crippen molar-refractivity contribution in [3.05, 3.63) is 5.53 Å². The molecule has 4 nitrogen and oxygen atoms in total. The SMILES string of the molecule is CCCCCC[C@H](C)OC(=O)C=[N+]=[N-]. The number of carbonyl (C=O) groups excluding carboxylic acids is 1. The monoisotopic (exact) mass is 198 g/mol. The zero-order chi connectivity index (χ0) is 10.8. The molecule has 0 aliphatic heterocycles. The van der Waals surface area contributed by atoms with E-state index in [0.717, 1.165) is 19.1 Å². The molecule has 0 fully saturated rings. The molecule has 1 atom stereocenters. The van der Waals surface area contributed by atoms with E-state index in [0.29, 0.717) is 0 Å². The third kappa shape index (κ3) is 7.50. The van der Waals surface area contributed by atoms with Crippen molar-refractivity contribution in [3.63, 3.8) is 0 Å². The van der Waals surface area contributed by atoms with E-state index < -0.39 is 5.97 Å². The molecule has 0 amide bonds. The van der Waals surface area contributed by atoms with Crippen molar-refractivity contribution in [2.45, 2.75) is 52.1 Å². The van der Waals surface area contributed by atoms with Gasteiger partial charge in [-0.15, -0.1) is 0 Å². The average molecular weight is 198 g/mol. The number of rotatable bonds is 7. The molecule has 0 N–H and O–H groups in total. The molecule has 14 heavy (non-hydrogen) atoms. The van der Waals surface area contributed by atoms with Crippen molar-refractivity contribution < 1.29 is 14.3 Å². The lowest BCUT2D eigenvalue weighted by Crippen LogP contribution is -2.15. The van der Waals surface area contributed by atoms with E-state index in [9.17, 15) is 4.79 Å². The van der Waals surface area contributed by atoms with Crippen LogP contribution in [-0.2, 0) is 9.53 Å². The predicted octanol–water partition coefficient (Wildman–Crippen LogP) is 2.19. The summed E-state index contributed by atoms with van der Waals surface area (Å²) in [6, 6.07) is 0. The molecule has 0 aromatic rings. The van der Waals surface area contributed by atoms with Crippen LogP contribution in [0, 0.1) is 0 Å². The van der Waals surface area contributed by atoms with Crippen LogP contribution in [0.5, 0.6) is 0 Å². The number of unbranched alkanes of at least 4 members (excludes halogenated alkanes) is 3. The summed E-state index contributed by atoms with van der Waals surface area (Å²) in [5, 5.41) is 0. The number of hydrogen-bond donors (Lipinski definition) is 0. The predicted molar refractivity (Wildman–Crippen MR) is 54.0 cm³/mol. The highest BCUT2D eigenvalue weighted by atomic mass is 16.5. The standard InChI is InChI=1S/C10H18N2O2/c1-3-4-5-6-7-9(2)14-10(13)8-12-11/h8-9H,3-7H2,1-2H3/t9-/m0/s1. The van der Waals surface area contributed by atoms with Gasteiger partial charge in [0, 0.05) is 0 Å². The second-order valence-corrected chi connectivity index (χ2v) is 3.34. The van der Waals surface area contributed by atoms with Crippen molar-refractivity contribution in [2.24, 2.45) is 0 Å². The third-order valence-corrected chi connectivity index (χ3v) is 1.94. The Bertz CT molecular complexity index is 210. The fraction of sp³-hybridized carbons (Fsp3) is 0.800. The number of esters is 1. The normalized spacial score (nSPS) is 11.6. The Hall–Kier alpha value is -1.15. The van der Waals surface area contributed by atoms with Crippen molar-refractivity contribution >= 4 is 12.2 Å². The summed E-state index contributed by atoms with van der Waals surface area (Å²) in [7, 11) is 0. The molecule has 0 heterocycles. The minimum Gasteiger partial charge on any atom is -0.454 e. The smallest absolute Gasteiger partial charge is 0.413 e. The molecule has 80 valence electrons. The van der Waals surface area contributed by atoms with Crippen LogP contribution in [0.25, 0.3) is 5.53 Å². The zero-order valence-corrected chi connectivity index (χ0v) is 8.90. The summed E-state index contributed by atoms with van der Waals surface area (Å²) in [5.74, 6) is -0.588. The van der Waals surface area contributed by atoms with E-state index in [4.69, 9.17) is 10.3 Å². The lowest BCUT2D eigenvalue weighted by molar-refractivity contribution is -0.143. The third-order valence-electron chi connectivity index (χ3n) is 1.94. The highest BCUT2D eigenvalue weighted by Gasteiger charge is 2.09. The summed E-state index contributed by atoms with van der Waals surface area (Å²) in [4.78, 5) is 13.4. The summed E-state index contributed by atoms with van der Waals surface area (Å²) in [6.45, 7) is 4.00. The molecule has 0 aliphatic carbocycles. The van der Waals surface area contributed by atoms with Crippen LogP contribution in [0.4, 0.5) is 0 Å². The maximum Gasteiger partial charge on any atom is 0.413 e. The van der Waals surface area contributed by atoms with Crippen molar-refractivity contribution in [3.8, 4) is 0 Å². The van der Waals surface area contributed by atoms with E-state index in [2.05, 4.69) is 11.7 Å². The lowest BCUT2D eigenvalue weighted by Gasteiger charge is -2.09. The Balaban J connectivity index is 3.49. The van der Waals surface area contributed by atoms with Gasteiger partial charge in [0.1, 0.15) is 0 Å². The van der Waals surface area contributed by atoms with E-state index in [-0.39, 0.29) is 6.10 Å². The first-order chi connectivity index (χ1) is 6.70. The van der Waals surface area contributed by atoms with Gasteiger partial charge in [0.25, 0.3) is 0 Å². The van der Waals surface area contributed by atoms with Gasteiger partial charge in [-0.1, -0.05) is 26.2 Å². The second kappa shape index (κ2) is 8.45. The number of nitrogens with zero attached hydrogens (tertiary/aromatic N) is 2. The van der Waals surface area contributed by atoms with Gasteiger partial charge in [-0.25, -0.2) is 4.79 Å². The minimum absolute atomic E-state index is 0.0997. The van der Waals surface area contributed by atoms with Crippen molar-refractivity contribution in [1.29, 1.82) is 0 Å². The first-order valence-electron chi connectivity index (χ1n) is 5.08. The average Bonchev–Trinajstić information content (AvgIpc) is 2.13. The Morgan fingerprint density at radius 3 is 2.79 bits per heavy atom. The van der Waals surface area contributed by atoms with Crippen LogP contribution in [0.3, 0.4) is 0 Å². The molecule has 0 rings (SSSR count). The molecule has 0 saturated heterocycles. The van der Waals surface area contributed by atoms with Crippen LogP contribution in [0.1, 0.15) is 46.0 Å². The van der Waals surface area contributed by atoms with Gasteiger partial charge in [0.15, 0.2) is 0 Å². The minimum atomic E-state index is -0.588. The molecule has 0 aromatic carbocycles. The van der Waals surface area contributed by atoms with Gasteiger partial charge in [-0.2, -0.15) is 4.79 Å². The number of carbonyl (C=O) groups is 1. The van der Waals surface area contributed by atoms with Gasteiger partial charge in [-0.3, -0.25) is 0 Å². The largest absolute Gasteiger partial charge is 0.454 e. The summed E-state index contributed by atoms with van der Waals surface area (Å²) < 4.78 is 4.92. The second-order valence-electron chi connectivity index (χ2n) is 3.34. The molecule has 0 radical (unpaired) electrons. The van der Waals surface area contributed by atoms with Crippen LogP contribution in [0.15, 0.2) is 0 Å². The molecule has 4 heteroatoms. The van der Waals surface area contributed by atoms with Crippen molar-refractivity contribution in [1.82, 2.24) is 0 Å². The van der Waals surface area contributed by atoms with Gasteiger partial charge in [0.05, 0.1) is 6.10 Å². The number of ether oxygens (including phenoxy) is 1. The van der Waals surface area contributed by atoms with E-state index in [1.165, 1.54) is 19.3 Å². The Labute approximate surface area is 84.9 Å². The Kier molecular flexibility index (Phi) is 7.75. The van der Waals surface area contributed by atoms with Gasteiger partial charge >= 0.3 is 12.2 Å². The highest BCUT2D eigenvalue weighted by Crippen LogP contribution is 2.07. The number of hydrogen-bond acceptors (Lipinski definition) is 2. The molecule has 0 saturated carbocycles. The van der Waals surface area contributed by atoms with Crippen molar-refractivity contribution in [2.75, 3.05) is 0 Å². The van der Waals surface area contributed by atoms with Gasteiger partial charge in [0.2, 0.25) is 0 Å². The fourth-order valence-electron chi connectivity index (χ4n) is 1.19. The van der Waals surface area contributed by atoms with E-state index in [1.807, 2.05) is 6.92 Å². The van der Waals surface area contributed by atoms with Gasteiger partial charge < -0.3 is 10.3 Å². The first kappa shape index (κ1) is 12.8. The fourth-order valence-corrected chi connectivity index (χ4v) is 1.19. The maximum absolute atomic E-state index is 10.8. The highest BCUT2D eigenvalue weighted by molar-refractivity contribution is 6.20. The Morgan fingerprint density at radius 1 is 1.50 bits per heavy atom. The van der Waals surface area contributed by atoms with Crippen LogP contribution >= 0.6 is 0 Å². The molecular weight excluding hydrogens is 180 g/mol. The van der Waals surface area contributed by atoms with Crippen LogP contribution in [-0.4, -0.2) is 23.1 Å². The molecular formula is C10H18N2O2. The Morgan fingerprint density at radius 2 is 2.21 bits per heavy atom. The zero-order valence-electron chi connectivity index (χ0n) is 8.90. The summed E-state index contributed by atoms with van der Waals surface area (Å²) >= 11 is 0. The maximum atomic E-state index is 10.8. The molecule has 0 spiro atoms. The van der Waals surface area contributed by atoms with Crippen LogP contribution < -0.4 is 0 Å².